The summed E-state index contributed by atoms with van der Waals surface area (Å²) in [6.45, 7) is 0.837. The van der Waals surface area contributed by atoms with Crippen LogP contribution < -0.4 is 15.4 Å². The molecule has 1 fully saturated rings. The van der Waals surface area contributed by atoms with Gasteiger partial charge in [0.25, 0.3) is 5.91 Å². The second-order valence-corrected chi connectivity index (χ2v) is 7.11. The van der Waals surface area contributed by atoms with Crippen molar-refractivity contribution in [2.45, 2.75) is 25.1 Å². The second kappa shape index (κ2) is 9.55. The topological polar surface area (TPSA) is 88.6 Å². The fourth-order valence-corrected chi connectivity index (χ4v) is 3.57. The number of carbonyl (C=O) groups is 1. The molecule has 8 nitrogen and oxygen atoms in total. The standard InChI is InChI=1S/C20H23F4N5O3/c1-25-17-13(20(22,23)24)9-26-19(28-17)27-15-8-14(21)12(7-16(15)32-3)18(30)29-6-4-5-11(29)10-31-2/h7-9,11H,4-6,10H2,1-3H3,(H2,25,26,27,28)/t11-/m0/s1. The molecule has 1 saturated heterocycles. The summed E-state index contributed by atoms with van der Waals surface area (Å²) in [5, 5.41) is 5.00. The first-order chi connectivity index (χ1) is 15.2. The van der Waals surface area contributed by atoms with Crippen LogP contribution in [0.4, 0.5) is 35.0 Å². The molecule has 2 aromatic rings. The third-order valence-corrected chi connectivity index (χ3v) is 5.09. The summed E-state index contributed by atoms with van der Waals surface area (Å²) < 4.78 is 64.4. The Bertz CT molecular complexity index is 986. The average Bonchev–Trinajstić information content (AvgIpc) is 3.21. The highest BCUT2D eigenvalue weighted by molar-refractivity contribution is 5.96. The van der Waals surface area contributed by atoms with Crippen LogP contribution in [0.1, 0.15) is 28.8 Å². The van der Waals surface area contributed by atoms with Gasteiger partial charge in [-0.3, -0.25) is 4.79 Å². The van der Waals surface area contributed by atoms with E-state index in [1.165, 1.54) is 27.3 Å². The number of nitrogens with one attached hydrogen (secondary N) is 2. The van der Waals surface area contributed by atoms with Crippen LogP contribution >= 0.6 is 0 Å². The Morgan fingerprint density at radius 3 is 2.69 bits per heavy atom. The van der Waals surface area contributed by atoms with Crippen LogP contribution in [0.5, 0.6) is 5.75 Å². The Labute approximate surface area is 181 Å². The summed E-state index contributed by atoms with van der Waals surface area (Å²) in [6, 6.07) is 2.12. The summed E-state index contributed by atoms with van der Waals surface area (Å²) in [4.78, 5) is 21.9. The van der Waals surface area contributed by atoms with Gasteiger partial charge >= 0.3 is 6.18 Å². The predicted octanol–water partition coefficient (Wildman–Crippen LogP) is 3.68. The predicted molar refractivity (Wildman–Crippen MR) is 109 cm³/mol. The fraction of sp³-hybridized carbons (Fsp3) is 0.450. The number of hydrogen-bond donors (Lipinski definition) is 2. The van der Waals surface area contributed by atoms with Crippen LogP contribution in [0.2, 0.25) is 0 Å². The quantitative estimate of drug-likeness (QED) is 0.614. The van der Waals surface area contributed by atoms with Crippen molar-refractivity contribution >= 4 is 23.4 Å². The SMILES string of the molecule is CNc1nc(Nc2cc(F)c(C(=O)N3CCC[C@H]3COC)cc2OC)ncc1C(F)(F)F. The van der Waals surface area contributed by atoms with E-state index in [9.17, 15) is 22.4 Å². The molecule has 174 valence electrons. The maximum absolute atomic E-state index is 14.9. The molecule has 0 spiro atoms. The molecule has 3 rings (SSSR count). The first kappa shape index (κ1) is 23.5. The normalized spacial score (nSPS) is 16.2. The molecule has 0 bridgehead atoms. The van der Waals surface area contributed by atoms with Crippen LogP contribution in [-0.2, 0) is 10.9 Å². The Hall–Kier alpha value is -3.15. The van der Waals surface area contributed by atoms with Crippen molar-refractivity contribution in [1.82, 2.24) is 14.9 Å². The summed E-state index contributed by atoms with van der Waals surface area (Å²) in [5.41, 5.74) is -1.17. The van der Waals surface area contributed by atoms with Crippen molar-refractivity contribution in [1.29, 1.82) is 0 Å². The number of rotatable bonds is 7. The number of benzene rings is 1. The molecule has 1 aliphatic heterocycles. The highest BCUT2D eigenvalue weighted by Gasteiger charge is 2.35. The number of halogens is 4. The number of nitrogens with zero attached hydrogens (tertiary/aromatic N) is 3. The minimum atomic E-state index is -4.64. The Balaban J connectivity index is 1.90. The molecule has 0 unspecified atom stereocenters. The number of hydrogen-bond acceptors (Lipinski definition) is 7. The van der Waals surface area contributed by atoms with Gasteiger partial charge < -0.3 is 25.0 Å². The van der Waals surface area contributed by atoms with Gasteiger partial charge in [-0.2, -0.15) is 18.2 Å². The lowest BCUT2D eigenvalue weighted by molar-refractivity contribution is -0.137. The average molecular weight is 457 g/mol. The van der Waals surface area contributed by atoms with E-state index in [0.29, 0.717) is 19.3 Å². The number of likely N-dealkylation sites (tertiary alicyclic amines) is 1. The van der Waals surface area contributed by atoms with Crippen molar-refractivity contribution in [2.24, 2.45) is 0 Å². The van der Waals surface area contributed by atoms with Crippen LogP contribution in [0, 0.1) is 5.82 Å². The first-order valence-electron chi connectivity index (χ1n) is 9.76. The highest BCUT2D eigenvalue weighted by atomic mass is 19.4. The van der Waals surface area contributed by atoms with E-state index < -0.39 is 29.3 Å². The van der Waals surface area contributed by atoms with Gasteiger partial charge in [0, 0.05) is 33.0 Å². The van der Waals surface area contributed by atoms with E-state index in [1.54, 1.807) is 4.90 Å². The number of alkyl halides is 3. The van der Waals surface area contributed by atoms with Gasteiger partial charge in [-0.25, -0.2) is 9.37 Å². The molecular formula is C20H23F4N5O3. The monoisotopic (exact) mass is 457 g/mol. The highest BCUT2D eigenvalue weighted by Crippen LogP contribution is 2.35. The summed E-state index contributed by atoms with van der Waals surface area (Å²) in [6.07, 6.45) is -2.47. The maximum atomic E-state index is 14.9. The van der Waals surface area contributed by atoms with E-state index >= 15 is 0 Å². The van der Waals surface area contributed by atoms with E-state index in [2.05, 4.69) is 20.6 Å². The molecule has 1 aromatic carbocycles. The minimum absolute atomic E-state index is 0.0539. The molecule has 2 heterocycles. The summed E-state index contributed by atoms with van der Waals surface area (Å²) >= 11 is 0. The number of amides is 1. The Morgan fingerprint density at radius 1 is 1.31 bits per heavy atom. The van der Waals surface area contributed by atoms with Crippen molar-refractivity contribution in [3.63, 3.8) is 0 Å². The third kappa shape index (κ3) is 4.85. The Kier molecular flexibility index (Phi) is 7.02. The second-order valence-electron chi connectivity index (χ2n) is 7.11. The van der Waals surface area contributed by atoms with Gasteiger partial charge in [0.1, 0.15) is 22.9 Å². The lowest BCUT2D eigenvalue weighted by atomic mass is 10.1. The summed E-state index contributed by atoms with van der Waals surface area (Å²) in [7, 11) is 4.15. The van der Waals surface area contributed by atoms with E-state index in [1.807, 2.05) is 0 Å². The summed E-state index contributed by atoms with van der Waals surface area (Å²) in [5.74, 6) is -1.86. The van der Waals surface area contributed by atoms with Crippen molar-refractivity contribution in [2.75, 3.05) is 45.1 Å². The minimum Gasteiger partial charge on any atom is -0.495 e. The van der Waals surface area contributed by atoms with Gasteiger partial charge in [-0.05, 0) is 18.9 Å². The zero-order valence-corrected chi connectivity index (χ0v) is 17.7. The van der Waals surface area contributed by atoms with Gasteiger partial charge in [0.2, 0.25) is 5.95 Å². The number of aromatic nitrogens is 2. The van der Waals surface area contributed by atoms with Crippen LogP contribution in [0.15, 0.2) is 18.3 Å². The number of anilines is 3. The zero-order valence-electron chi connectivity index (χ0n) is 17.7. The molecule has 0 radical (unpaired) electrons. The number of methoxy groups -OCH3 is 2. The fourth-order valence-electron chi connectivity index (χ4n) is 3.57. The lowest BCUT2D eigenvalue weighted by Gasteiger charge is -2.24. The van der Waals surface area contributed by atoms with Crippen LogP contribution in [0.3, 0.4) is 0 Å². The number of ether oxygens (including phenoxy) is 2. The molecule has 1 atom stereocenters. The zero-order chi connectivity index (χ0) is 23.5. The number of carbonyl (C=O) groups excluding carboxylic acids is 1. The van der Waals surface area contributed by atoms with Crippen molar-refractivity contribution in [3.8, 4) is 5.75 Å². The molecule has 32 heavy (non-hydrogen) atoms. The largest absolute Gasteiger partial charge is 0.495 e. The Morgan fingerprint density at radius 2 is 2.06 bits per heavy atom. The molecule has 0 aliphatic carbocycles. The van der Waals surface area contributed by atoms with Crippen molar-refractivity contribution in [3.05, 3.63) is 35.3 Å². The first-order valence-corrected chi connectivity index (χ1v) is 9.76. The molecular weight excluding hydrogens is 434 g/mol. The van der Waals surface area contributed by atoms with E-state index in [0.717, 1.165) is 18.9 Å². The molecule has 1 aliphatic rings. The molecule has 1 aromatic heterocycles. The molecule has 12 heteroatoms. The van der Waals surface area contributed by atoms with Gasteiger partial charge in [0.15, 0.2) is 0 Å². The van der Waals surface area contributed by atoms with E-state index in [-0.39, 0.29) is 29.0 Å². The van der Waals surface area contributed by atoms with Gasteiger partial charge in [-0.1, -0.05) is 0 Å². The smallest absolute Gasteiger partial charge is 0.421 e. The van der Waals surface area contributed by atoms with Crippen LogP contribution in [-0.4, -0.2) is 61.2 Å². The molecule has 2 N–H and O–H groups in total. The maximum Gasteiger partial charge on any atom is 0.421 e. The third-order valence-electron chi connectivity index (χ3n) is 5.09. The van der Waals surface area contributed by atoms with E-state index in [4.69, 9.17) is 9.47 Å². The van der Waals surface area contributed by atoms with Gasteiger partial charge in [-0.15, -0.1) is 0 Å². The molecule has 1 amide bonds. The van der Waals surface area contributed by atoms with Crippen molar-refractivity contribution < 1.29 is 31.8 Å². The van der Waals surface area contributed by atoms with Gasteiger partial charge in [0.05, 0.1) is 31.0 Å². The lowest BCUT2D eigenvalue weighted by Crippen LogP contribution is -2.38. The van der Waals surface area contributed by atoms with Crippen LogP contribution in [0.25, 0.3) is 0 Å². The molecule has 0 saturated carbocycles.